The molecule has 0 heterocycles. The molecule has 1 rings (SSSR count). The molecule has 0 amide bonds. The van der Waals surface area contributed by atoms with Crippen molar-refractivity contribution in [2.45, 2.75) is 0 Å². The minimum Gasteiger partial charge on any atom is -0.203 e. The molecular formula is C6F5Ti. The Labute approximate surface area is 79.3 Å². The van der Waals surface area contributed by atoms with E-state index in [0.717, 1.165) is 6.07 Å². The number of hydrogen-bond acceptors (Lipinski definition) is 0. The number of rotatable bonds is 0. The first-order valence-electron chi connectivity index (χ1n) is 2.44. The molecule has 1 aromatic carbocycles. The maximum absolute atomic E-state index is 12.0. The van der Waals surface area contributed by atoms with E-state index in [1.807, 2.05) is 0 Å². The van der Waals surface area contributed by atoms with E-state index < -0.39 is 29.1 Å². The van der Waals surface area contributed by atoms with Crippen molar-refractivity contribution in [3.05, 3.63) is 35.2 Å². The molecule has 6 heteroatoms. The van der Waals surface area contributed by atoms with Gasteiger partial charge in [0.05, 0.1) is 6.07 Å². The van der Waals surface area contributed by atoms with E-state index in [1.54, 1.807) is 0 Å². The van der Waals surface area contributed by atoms with Crippen molar-refractivity contribution in [1.29, 1.82) is 0 Å². The molecule has 0 atom stereocenters. The van der Waals surface area contributed by atoms with E-state index >= 15 is 0 Å². The fourth-order valence-corrected chi connectivity index (χ4v) is 0.495. The normalized spacial score (nSPS) is 9.42. The average molecular weight is 215 g/mol. The molecule has 12 heavy (non-hydrogen) atoms. The van der Waals surface area contributed by atoms with Crippen molar-refractivity contribution in [1.82, 2.24) is 0 Å². The second kappa shape index (κ2) is 4.00. The molecule has 0 aromatic heterocycles. The standard InChI is InChI=1S/C6F5.Ti/c7-2-1-3(8)5(10)6(11)4(2)9;. The molecule has 0 N–H and O–H groups in total. The molecular weight excluding hydrogens is 215 g/mol. The predicted molar refractivity (Wildman–Crippen MR) is 25.1 cm³/mol. The third-order valence-corrected chi connectivity index (χ3v) is 0.990. The summed E-state index contributed by atoms with van der Waals surface area (Å²) in [6.45, 7) is 0. The molecule has 1 aromatic rings. The van der Waals surface area contributed by atoms with E-state index in [0.29, 0.717) is 0 Å². The van der Waals surface area contributed by atoms with Gasteiger partial charge in [-0.05, 0) is 0 Å². The topological polar surface area (TPSA) is 0 Å². The van der Waals surface area contributed by atoms with Crippen LogP contribution in [0.5, 0.6) is 0 Å². The summed E-state index contributed by atoms with van der Waals surface area (Å²) in [5.41, 5.74) is 0. The summed E-state index contributed by atoms with van der Waals surface area (Å²) in [4.78, 5) is 0. The van der Waals surface area contributed by atoms with Crippen molar-refractivity contribution in [2.24, 2.45) is 0 Å². The van der Waals surface area contributed by atoms with Crippen LogP contribution in [-0.4, -0.2) is 0 Å². The third kappa shape index (κ3) is 1.84. The Morgan fingerprint density at radius 3 is 1.33 bits per heavy atom. The van der Waals surface area contributed by atoms with Gasteiger partial charge in [-0.25, -0.2) is 22.0 Å². The Balaban J connectivity index is 0.00000121. The number of hydrogen-bond donors (Lipinski definition) is 0. The Bertz CT molecular complexity index is 272. The monoisotopic (exact) mass is 215 g/mol. The Hall–Kier alpha value is -0.416. The summed E-state index contributed by atoms with van der Waals surface area (Å²) in [7, 11) is 0. The first kappa shape index (κ1) is 11.6. The van der Waals surface area contributed by atoms with Gasteiger partial charge in [-0.2, -0.15) is 0 Å². The summed E-state index contributed by atoms with van der Waals surface area (Å²) in [5, 5.41) is 0. The van der Waals surface area contributed by atoms with Crippen LogP contribution < -0.4 is 0 Å². The quantitative estimate of drug-likeness (QED) is 0.269. The molecule has 0 saturated carbocycles. The van der Waals surface area contributed by atoms with E-state index in [1.165, 1.54) is 0 Å². The van der Waals surface area contributed by atoms with Crippen LogP contribution in [-0.2, 0) is 21.7 Å². The molecule has 0 aliphatic rings. The van der Waals surface area contributed by atoms with Gasteiger partial charge in [0, 0.05) is 21.7 Å². The zero-order valence-electron chi connectivity index (χ0n) is 5.39. The first-order chi connectivity index (χ1) is 5.04. The fourth-order valence-electron chi connectivity index (χ4n) is 0.495. The summed E-state index contributed by atoms with van der Waals surface area (Å²) < 4.78 is 59.9. The smallest absolute Gasteiger partial charge is 0.200 e. The van der Waals surface area contributed by atoms with Gasteiger partial charge in [0.25, 0.3) is 0 Å². The molecule has 0 aliphatic carbocycles. The van der Waals surface area contributed by atoms with Crippen molar-refractivity contribution < 1.29 is 43.7 Å². The van der Waals surface area contributed by atoms with Crippen LogP contribution in [0.2, 0.25) is 0 Å². The van der Waals surface area contributed by atoms with Crippen LogP contribution in [0.15, 0.2) is 0 Å². The molecule has 0 saturated heterocycles. The van der Waals surface area contributed by atoms with Crippen molar-refractivity contribution >= 4 is 0 Å². The average Bonchev–Trinajstić information content (AvgIpc) is 1.97. The Morgan fingerprint density at radius 1 is 0.667 bits per heavy atom. The van der Waals surface area contributed by atoms with Crippen LogP contribution in [0.3, 0.4) is 0 Å². The van der Waals surface area contributed by atoms with Gasteiger partial charge >= 0.3 is 0 Å². The van der Waals surface area contributed by atoms with Gasteiger partial charge in [-0.15, -0.1) is 0 Å². The third-order valence-electron chi connectivity index (χ3n) is 0.990. The minimum absolute atomic E-state index is 0. The van der Waals surface area contributed by atoms with Crippen LogP contribution in [0.4, 0.5) is 22.0 Å². The van der Waals surface area contributed by atoms with E-state index in [2.05, 4.69) is 0 Å². The Kier molecular flexibility index (Phi) is 3.86. The molecule has 0 fully saturated rings. The summed E-state index contributed by atoms with van der Waals surface area (Å²) in [5.74, 6) is -10.0. The van der Waals surface area contributed by atoms with Crippen molar-refractivity contribution in [2.75, 3.05) is 0 Å². The molecule has 0 bridgehead atoms. The second-order valence-corrected chi connectivity index (χ2v) is 1.69. The van der Waals surface area contributed by atoms with Crippen molar-refractivity contribution in [3.63, 3.8) is 0 Å². The van der Waals surface area contributed by atoms with E-state index in [9.17, 15) is 22.0 Å². The second-order valence-electron chi connectivity index (χ2n) is 1.69. The van der Waals surface area contributed by atoms with Crippen LogP contribution >= 0.6 is 0 Å². The summed E-state index contributed by atoms with van der Waals surface area (Å²) in [6, 6.07) is 1.02. The van der Waals surface area contributed by atoms with Gasteiger partial charge in [-0.3, -0.25) is 0 Å². The predicted octanol–water partition coefficient (Wildman–Crippen LogP) is 2.18. The molecule has 0 unspecified atom stereocenters. The first-order valence-corrected chi connectivity index (χ1v) is 2.44. The maximum Gasteiger partial charge on any atom is 0.200 e. The number of halogens is 5. The molecule has 0 aliphatic heterocycles. The Morgan fingerprint density at radius 2 is 1.00 bits per heavy atom. The fraction of sp³-hybridized carbons (Fsp3) is 0. The van der Waals surface area contributed by atoms with Gasteiger partial charge in [0.1, 0.15) is 0 Å². The summed E-state index contributed by atoms with van der Waals surface area (Å²) in [6.07, 6.45) is 0. The van der Waals surface area contributed by atoms with E-state index in [-0.39, 0.29) is 21.7 Å². The zero-order chi connectivity index (χ0) is 8.59. The van der Waals surface area contributed by atoms with Gasteiger partial charge < -0.3 is 0 Å². The molecule has 63 valence electrons. The molecule has 0 spiro atoms. The zero-order valence-corrected chi connectivity index (χ0v) is 6.95. The van der Waals surface area contributed by atoms with Crippen molar-refractivity contribution in [3.8, 4) is 0 Å². The van der Waals surface area contributed by atoms with Gasteiger partial charge in [-0.1, -0.05) is 0 Å². The minimum atomic E-state index is -2.17. The van der Waals surface area contributed by atoms with Crippen LogP contribution in [0.1, 0.15) is 0 Å². The molecule has 1 radical (unpaired) electrons. The van der Waals surface area contributed by atoms with E-state index in [4.69, 9.17) is 0 Å². The van der Waals surface area contributed by atoms with Gasteiger partial charge in [0.15, 0.2) is 23.3 Å². The largest absolute Gasteiger partial charge is 0.203 e. The SMILES string of the molecule is Fc1[c]c(F)c(F)c(F)c1F.[Ti]. The number of benzene rings is 1. The van der Waals surface area contributed by atoms with Crippen LogP contribution in [0.25, 0.3) is 0 Å². The van der Waals surface area contributed by atoms with Crippen LogP contribution in [0, 0.1) is 35.2 Å². The summed E-state index contributed by atoms with van der Waals surface area (Å²) >= 11 is 0. The molecule has 0 nitrogen and oxygen atoms in total. The maximum atomic E-state index is 12.0. The van der Waals surface area contributed by atoms with Gasteiger partial charge in [0.2, 0.25) is 5.82 Å².